The van der Waals surface area contributed by atoms with Gasteiger partial charge in [-0.3, -0.25) is 4.79 Å². The zero-order valence-electron chi connectivity index (χ0n) is 19.3. The van der Waals surface area contributed by atoms with E-state index in [1.54, 1.807) is 45.0 Å². The van der Waals surface area contributed by atoms with E-state index in [1.807, 2.05) is 30.3 Å². The van der Waals surface area contributed by atoms with Crippen LogP contribution < -0.4 is 10.3 Å². The molecule has 0 aliphatic carbocycles. The fourth-order valence-electron chi connectivity index (χ4n) is 3.78. The highest BCUT2D eigenvalue weighted by molar-refractivity contribution is 7.89. The van der Waals surface area contributed by atoms with E-state index >= 15 is 0 Å². The third-order valence-corrected chi connectivity index (χ3v) is 7.16. The Bertz CT molecular complexity index is 1460. The van der Waals surface area contributed by atoms with Crippen LogP contribution in [0.4, 0.5) is 0 Å². The van der Waals surface area contributed by atoms with Crippen molar-refractivity contribution in [2.75, 3.05) is 6.54 Å². The van der Waals surface area contributed by atoms with Gasteiger partial charge in [-0.2, -0.15) is 9.78 Å². The Labute approximate surface area is 198 Å². The topological polar surface area (TPSA) is 107 Å². The maximum Gasteiger partial charge on any atom is 0.271 e. The molecule has 0 fully saturated rings. The highest BCUT2D eigenvalue weighted by Crippen LogP contribution is 2.24. The molecule has 0 unspecified atom stereocenters. The molecular formula is C25H26N4O4S. The Morgan fingerprint density at radius 3 is 2.47 bits per heavy atom. The van der Waals surface area contributed by atoms with Gasteiger partial charge in [0, 0.05) is 18.2 Å². The van der Waals surface area contributed by atoms with E-state index in [4.69, 9.17) is 4.52 Å². The lowest BCUT2D eigenvalue weighted by molar-refractivity contribution is 0.392. The molecule has 2 aromatic carbocycles. The molecule has 8 nitrogen and oxygen atoms in total. The van der Waals surface area contributed by atoms with Crippen LogP contribution >= 0.6 is 0 Å². The van der Waals surface area contributed by atoms with Gasteiger partial charge in [-0.1, -0.05) is 47.6 Å². The number of aryl methyl sites for hydroxylation is 4. The van der Waals surface area contributed by atoms with Gasteiger partial charge in [0.2, 0.25) is 10.0 Å². The van der Waals surface area contributed by atoms with Gasteiger partial charge in [0.15, 0.2) is 5.76 Å². The Balaban J connectivity index is 1.58. The van der Waals surface area contributed by atoms with Crippen molar-refractivity contribution in [2.45, 2.75) is 38.5 Å². The van der Waals surface area contributed by atoms with Crippen molar-refractivity contribution in [2.24, 2.45) is 0 Å². The molecule has 0 saturated carbocycles. The predicted molar refractivity (Wildman–Crippen MR) is 129 cm³/mol. The van der Waals surface area contributed by atoms with Crippen molar-refractivity contribution in [3.63, 3.8) is 0 Å². The van der Waals surface area contributed by atoms with Crippen LogP contribution in [0.1, 0.15) is 29.0 Å². The number of aromatic nitrogens is 3. The largest absolute Gasteiger partial charge is 0.359 e. The number of benzene rings is 2. The maximum absolute atomic E-state index is 13.0. The minimum atomic E-state index is -3.72. The van der Waals surface area contributed by atoms with Gasteiger partial charge in [-0.25, -0.2) is 13.1 Å². The van der Waals surface area contributed by atoms with E-state index < -0.39 is 10.0 Å². The summed E-state index contributed by atoms with van der Waals surface area (Å²) in [5.41, 5.74) is 3.51. The second kappa shape index (κ2) is 9.74. The highest BCUT2D eigenvalue weighted by Gasteiger charge is 2.19. The number of hydrogen-bond acceptors (Lipinski definition) is 6. The summed E-state index contributed by atoms with van der Waals surface area (Å²) in [6.45, 7) is 5.51. The minimum Gasteiger partial charge on any atom is -0.359 e. The normalized spacial score (nSPS) is 11.6. The average molecular weight is 479 g/mol. The first-order valence-electron chi connectivity index (χ1n) is 10.9. The van der Waals surface area contributed by atoms with Gasteiger partial charge in [-0.05, 0) is 56.9 Å². The summed E-state index contributed by atoms with van der Waals surface area (Å²) < 4.78 is 35.2. The number of hydrogen-bond donors (Lipinski definition) is 1. The SMILES string of the molecule is Cc1ccc(-c2ccc(=O)n(-c3c(C)noc3C)n2)cc1S(=O)(=O)NCCCc1ccccc1. The molecule has 0 bridgehead atoms. The fourth-order valence-corrected chi connectivity index (χ4v) is 5.12. The van der Waals surface area contributed by atoms with Crippen LogP contribution in [0.3, 0.4) is 0 Å². The molecule has 34 heavy (non-hydrogen) atoms. The average Bonchev–Trinajstić information content (AvgIpc) is 3.16. The smallest absolute Gasteiger partial charge is 0.271 e. The second-order valence-electron chi connectivity index (χ2n) is 8.11. The lowest BCUT2D eigenvalue weighted by Gasteiger charge is -2.12. The van der Waals surface area contributed by atoms with Crippen LogP contribution in [0.2, 0.25) is 0 Å². The van der Waals surface area contributed by atoms with Crippen molar-refractivity contribution < 1.29 is 12.9 Å². The molecule has 4 rings (SSSR count). The van der Waals surface area contributed by atoms with E-state index in [2.05, 4.69) is 15.0 Å². The summed E-state index contributed by atoms with van der Waals surface area (Å²) in [6.07, 6.45) is 1.47. The summed E-state index contributed by atoms with van der Waals surface area (Å²) in [4.78, 5) is 12.6. The van der Waals surface area contributed by atoms with Crippen LogP contribution in [-0.4, -0.2) is 29.9 Å². The Morgan fingerprint density at radius 1 is 1.00 bits per heavy atom. The van der Waals surface area contributed by atoms with E-state index in [9.17, 15) is 13.2 Å². The lowest BCUT2D eigenvalue weighted by Crippen LogP contribution is -2.26. The standard InChI is InChI=1S/C25H26N4O4S/c1-17-11-12-21(22-13-14-24(30)29(27-22)25-18(2)28-33-19(25)3)16-23(17)34(31,32)26-15-7-10-20-8-5-4-6-9-20/h4-6,8-9,11-14,16,26H,7,10,15H2,1-3H3. The van der Waals surface area contributed by atoms with E-state index in [-0.39, 0.29) is 10.5 Å². The van der Waals surface area contributed by atoms with E-state index in [0.29, 0.717) is 46.9 Å². The van der Waals surface area contributed by atoms with Gasteiger partial charge in [-0.15, -0.1) is 0 Å². The van der Waals surface area contributed by atoms with Crippen molar-refractivity contribution in [1.29, 1.82) is 0 Å². The zero-order chi connectivity index (χ0) is 24.3. The van der Waals surface area contributed by atoms with Crippen molar-refractivity contribution in [3.05, 3.63) is 93.6 Å². The maximum atomic E-state index is 13.0. The number of sulfonamides is 1. The minimum absolute atomic E-state index is 0.182. The van der Waals surface area contributed by atoms with Crippen LogP contribution in [0.25, 0.3) is 16.9 Å². The van der Waals surface area contributed by atoms with Gasteiger partial charge >= 0.3 is 0 Å². The van der Waals surface area contributed by atoms with Gasteiger partial charge < -0.3 is 4.52 Å². The Hall–Kier alpha value is -3.56. The summed E-state index contributed by atoms with van der Waals surface area (Å²) in [6, 6.07) is 18.0. The first-order valence-corrected chi connectivity index (χ1v) is 12.4. The molecule has 0 saturated heterocycles. The number of nitrogens with one attached hydrogen (secondary N) is 1. The number of nitrogens with zero attached hydrogens (tertiary/aromatic N) is 3. The highest BCUT2D eigenvalue weighted by atomic mass is 32.2. The summed E-state index contributed by atoms with van der Waals surface area (Å²) in [5.74, 6) is 0.469. The Morgan fingerprint density at radius 2 is 1.76 bits per heavy atom. The van der Waals surface area contributed by atoms with E-state index in [0.717, 1.165) is 6.42 Å². The second-order valence-corrected chi connectivity index (χ2v) is 9.84. The monoisotopic (exact) mass is 478 g/mol. The molecular weight excluding hydrogens is 452 g/mol. The molecule has 176 valence electrons. The molecule has 0 spiro atoms. The molecule has 4 aromatic rings. The van der Waals surface area contributed by atoms with Crippen molar-refractivity contribution >= 4 is 10.0 Å². The summed E-state index contributed by atoms with van der Waals surface area (Å²) >= 11 is 0. The molecule has 1 N–H and O–H groups in total. The van der Waals surface area contributed by atoms with Crippen LogP contribution in [0.15, 0.2) is 74.9 Å². The van der Waals surface area contributed by atoms with Gasteiger partial charge in [0.05, 0.1) is 10.6 Å². The lowest BCUT2D eigenvalue weighted by atomic mass is 10.1. The van der Waals surface area contributed by atoms with Gasteiger partial charge in [0.25, 0.3) is 5.56 Å². The van der Waals surface area contributed by atoms with Gasteiger partial charge in [0.1, 0.15) is 11.4 Å². The first kappa shape index (κ1) is 23.6. The molecule has 0 aliphatic rings. The first-order chi connectivity index (χ1) is 16.3. The predicted octanol–water partition coefficient (Wildman–Crippen LogP) is 3.72. The summed E-state index contributed by atoms with van der Waals surface area (Å²) in [5, 5.41) is 8.34. The fraction of sp³-hybridized carbons (Fsp3) is 0.240. The molecule has 2 heterocycles. The van der Waals surface area contributed by atoms with Crippen LogP contribution in [-0.2, 0) is 16.4 Å². The molecule has 2 aromatic heterocycles. The van der Waals surface area contributed by atoms with Crippen molar-refractivity contribution in [3.8, 4) is 16.9 Å². The van der Waals surface area contributed by atoms with Crippen LogP contribution in [0, 0.1) is 20.8 Å². The molecule has 0 radical (unpaired) electrons. The number of rotatable bonds is 8. The Kier molecular flexibility index (Phi) is 6.76. The molecule has 0 amide bonds. The van der Waals surface area contributed by atoms with Crippen molar-refractivity contribution in [1.82, 2.24) is 19.7 Å². The molecule has 0 aliphatic heterocycles. The zero-order valence-corrected chi connectivity index (χ0v) is 20.1. The quantitative estimate of drug-likeness (QED) is 0.387. The molecule has 0 atom stereocenters. The third-order valence-electron chi connectivity index (χ3n) is 5.56. The van der Waals surface area contributed by atoms with Crippen LogP contribution in [0.5, 0.6) is 0 Å². The third kappa shape index (κ3) is 5.00. The van der Waals surface area contributed by atoms with E-state index in [1.165, 1.54) is 16.3 Å². The summed E-state index contributed by atoms with van der Waals surface area (Å²) in [7, 11) is -3.72. The molecule has 9 heteroatoms.